The SMILES string of the molecule is O=C(c1cccc2c1ncn2CC(F)(F)F)N1CC[C@@](O)(c2ccccc2)[C@@H]2CCCCC21. The third-order valence-corrected chi connectivity index (χ3v) is 7.24. The number of hydrogen-bond acceptors (Lipinski definition) is 3. The van der Waals surface area contributed by atoms with Crippen LogP contribution in [0.4, 0.5) is 13.2 Å². The van der Waals surface area contributed by atoms with Gasteiger partial charge in [-0.15, -0.1) is 0 Å². The van der Waals surface area contributed by atoms with Gasteiger partial charge in [0.1, 0.15) is 12.1 Å². The van der Waals surface area contributed by atoms with Crippen molar-refractivity contribution in [3.05, 3.63) is 66.0 Å². The van der Waals surface area contributed by atoms with E-state index < -0.39 is 18.3 Å². The lowest BCUT2D eigenvalue weighted by molar-refractivity contribution is -0.140. The van der Waals surface area contributed by atoms with Crippen molar-refractivity contribution in [3.8, 4) is 0 Å². The standard InChI is InChI=1S/C25H26F3N3O2/c26-25(27,28)15-30-16-29-22-18(9-6-12-21(22)30)23(32)31-14-13-24(33,17-7-2-1-3-8-17)19-10-4-5-11-20(19)31/h1-3,6-9,12,16,19-20,33H,4-5,10-11,13-15H2/t19-,20?,24-/m1/s1. The van der Waals surface area contributed by atoms with Crippen molar-refractivity contribution in [3.63, 3.8) is 0 Å². The van der Waals surface area contributed by atoms with Gasteiger partial charge in [0.05, 0.1) is 23.0 Å². The number of nitrogens with zero attached hydrogens (tertiary/aromatic N) is 3. The zero-order chi connectivity index (χ0) is 23.2. The van der Waals surface area contributed by atoms with Gasteiger partial charge in [0.15, 0.2) is 0 Å². The molecular weight excluding hydrogens is 431 g/mol. The maximum Gasteiger partial charge on any atom is 0.406 e. The average molecular weight is 457 g/mol. The molecule has 1 saturated heterocycles. The Balaban J connectivity index is 1.48. The number of imidazole rings is 1. The van der Waals surface area contributed by atoms with Gasteiger partial charge in [-0.05, 0) is 37.0 Å². The summed E-state index contributed by atoms with van der Waals surface area (Å²) in [5.41, 5.74) is 0.757. The van der Waals surface area contributed by atoms with Gasteiger partial charge < -0.3 is 14.6 Å². The highest BCUT2D eigenvalue weighted by atomic mass is 19.4. The van der Waals surface area contributed by atoms with Crippen LogP contribution in [-0.4, -0.2) is 44.2 Å². The summed E-state index contributed by atoms with van der Waals surface area (Å²) >= 11 is 0. The van der Waals surface area contributed by atoms with Crippen LogP contribution in [0.25, 0.3) is 11.0 Å². The molecule has 1 amide bonds. The van der Waals surface area contributed by atoms with Crippen LogP contribution in [0, 0.1) is 5.92 Å². The van der Waals surface area contributed by atoms with Crippen LogP contribution in [-0.2, 0) is 12.1 Å². The van der Waals surface area contributed by atoms with Crippen molar-refractivity contribution in [1.82, 2.24) is 14.5 Å². The van der Waals surface area contributed by atoms with Crippen molar-refractivity contribution < 1.29 is 23.1 Å². The van der Waals surface area contributed by atoms with Gasteiger partial charge in [-0.25, -0.2) is 4.98 Å². The van der Waals surface area contributed by atoms with E-state index in [4.69, 9.17) is 0 Å². The fourth-order valence-electron chi connectivity index (χ4n) is 5.76. The van der Waals surface area contributed by atoms with E-state index in [1.165, 1.54) is 0 Å². The molecule has 5 nitrogen and oxygen atoms in total. The molecule has 2 aliphatic rings. The van der Waals surface area contributed by atoms with Crippen molar-refractivity contribution in [2.75, 3.05) is 6.54 Å². The van der Waals surface area contributed by atoms with Gasteiger partial charge in [0, 0.05) is 18.5 Å². The highest BCUT2D eigenvalue weighted by Crippen LogP contribution is 2.47. The number of piperidine rings is 1. The average Bonchev–Trinajstić information content (AvgIpc) is 3.21. The van der Waals surface area contributed by atoms with E-state index in [-0.39, 0.29) is 28.9 Å². The summed E-state index contributed by atoms with van der Waals surface area (Å²) in [6, 6.07) is 14.3. The highest BCUT2D eigenvalue weighted by molar-refractivity contribution is 6.05. The largest absolute Gasteiger partial charge is 0.406 e. The Morgan fingerprint density at radius 1 is 1.09 bits per heavy atom. The Labute approximate surface area is 189 Å². The first-order valence-corrected chi connectivity index (χ1v) is 11.4. The first kappa shape index (κ1) is 21.9. The highest BCUT2D eigenvalue weighted by Gasteiger charge is 2.50. The van der Waals surface area contributed by atoms with E-state index in [1.807, 2.05) is 35.2 Å². The molecule has 0 radical (unpaired) electrons. The van der Waals surface area contributed by atoms with Crippen molar-refractivity contribution in [1.29, 1.82) is 0 Å². The van der Waals surface area contributed by atoms with E-state index in [0.29, 0.717) is 18.5 Å². The summed E-state index contributed by atoms with van der Waals surface area (Å²) in [7, 11) is 0. The van der Waals surface area contributed by atoms with Crippen LogP contribution < -0.4 is 0 Å². The molecule has 0 bridgehead atoms. The summed E-state index contributed by atoms with van der Waals surface area (Å²) < 4.78 is 39.9. The van der Waals surface area contributed by atoms with E-state index >= 15 is 0 Å². The number of rotatable bonds is 3. The zero-order valence-electron chi connectivity index (χ0n) is 18.1. The summed E-state index contributed by atoms with van der Waals surface area (Å²) in [5, 5.41) is 11.7. The van der Waals surface area contributed by atoms with Gasteiger partial charge >= 0.3 is 6.18 Å². The van der Waals surface area contributed by atoms with Crippen LogP contribution in [0.2, 0.25) is 0 Å². The number of hydrogen-bond donors (Lipinski definition) is 1. The number of likely N-dealkylation sites (tertiary alicyclic amines) is 1. The molecule has 8 heteroatoms. The molecule has 0 spiro atoms. The molecule has 2 fully saturated rings. The Hall–Kier alpha value is -2.87. The van der Waals surface area contributed by atoms with Gasteiger partial charge in [-0.2, -0.15) is 13.2 Å². The molecule has 5 rings (SSSR count). The molecule has 1 aromatic heterocycles. The number of carbonyl (C=O) groups excluding carboxylic acids is 1. The number of benzene rings is 2. The third-order valence-electron chi connectivity index (χ3n) is 7.24. The van der Waals surface area contributed by atoms with E-state index in [9.17, 15) is 23.1 Å². The van der Waals surface area contributed by atoms with E-state index in [1.54, 1.807) is 18.2 Å². The second-order valence-corrected chi connectivity index (χ2v) is 9.16. The van der Waals surface area contributed by atoms with Crippen LogP contribution >= 0.6 is 0 Å². The third kappa shape index (κ3) is 3.90. The Kier molecular flexibility index (Phi) is 5.43. The molecule has 2 aromatic carbocycles. The first-order chi connectivity index (χ1) is 15.8. The molecule has 174 valence electrons. The van der Waals surface area contributed by atoms with E-state index in [2.05, 4.69) is 4.98 Å². The molecule has 3 atom stereocenters. The van der Waals surface area contributed by atoms with Crippen LogP contribution in [0.5, 0.6) is 0 Å². The van der Waals surface area contributed by atoms with Gasteiger partial charge in [-0.1, -0.05) is 49.2 Å². The number of amides is 1. The summed E-state index contributed by atoms with van der Waals surface area (Å²) in [5.74, 6) is -0.321. The monoisotopic (exact) mass is 457 g/mol. The number of aromatic nitrogens is 2. The lowest BCUT2D eigenvalue weighted by Crippen LogP contribution is -2.59. The Morgan fingerprint density at radius 2 is 1.85 bits per heavy atom. The normalized spacial score (nSPS) is 25.8. The lowest BCUT2D eigenvalue weighted by atomic mass is 9.66. The van der Waals surface area contributed by atoms with Crippen LogP contribution in [0.3, 0.4) is 0 Å². The number of alkyl halides is 3. The van der Waals surface area contributed by atoms with Crippen LogP contribution in [0.1, 0.15) is 48.0 Å². The predicted molar refractivity (Wildman–Crippen MR) is 118 cm³/mol. The minimum Gasteiger partial charge on any atom is -0.385 e. The van der Waals surface area contributed by atoms with E-state index in [0.717, 1.165) is 42.1 Å². The molecule has 33 heavy (non-hydrogen) atoms. The number of fused-ring (bicyclic) bond motifs is 2. The summed E-state index contributed by atoms with van der Waals surface area (Å²) in [6.07, 6.45) is 0.771. The first-order valence-electron chi connectivity index (χ1n) is 11.4. The zero-order valence-corrected chi connectivity index (χ0v) is 18.1. The fraction of sp³-hybridized carbons (Fsp3) is 0.440. The number of para-hydroxylation sites is 1. The quantitative estimate of drug-likeness (QED) is 0.609. The van der Waals surface area contributed by atoms with Gasteiger partial charge in [0.2, 0.25) is 0 Å². The summed E-state index contributed by atoms with van der Waals surface area (Å²) in [4.78, 5) is 19.7. The molecule has 2 heterocycles. The predicted octanol–water partition coefficient (Wildman–Crippen LogP) is 4.89. The fourth-order valence-corrected chi connectivity index (χ4v) is 5.76. The van der Waals surface area contributed by atoms with Crippen LogP contribution in [0.15, 0.2) is 54.9 Å². The molecule has 1 unspecified atom stereocenters. The van der Waals surface area contributed by atoms with Crippen molar-refractivity contribution >= 4 is 16.9 Å². The van der Waals surface area contributed by atoms with Gasteiger partial charge in [-0.3, -0.25) is 4.79 Å². The lowest BCUT2D eigenvalue weighted by Gasteiger charge is -2.52. The molecular formula is C25H26F3N3O2. The van der Waals surface area contributed by atoms with Gasteiger partial charge in [0.25, 0.3) is 5.91 Å². The minimum absolute atomic E-state index is 0.0895. The summed E-state index contributed by atoms with van der Waals surface area (Å²) in [6.45, 7) is -0.773. The molecule has 1 N–H and O–H groups in total. The van der Waals surface area contributed by atoms with Crippen molar-refractivity contribution in [2.24, 2.45) is 5.92 Å². The second-order valence-electron chi connectivity index (χ2n) is 9.16. The molecule has 1 saturated carbocycles. The molecule has 1 aliphatic carbocycles. The Morgan fingerprint density at radius 3 is 2.61 bits per heavy atom. The molecule has 3 aromatic rings. The number of aliphatic hydroxyl groups is 1. The van der Waals surface area contributed by atoms with Crippen molar-refractivity contribution in [2.45, 2.75) is 56.5 Å². The second kappa shape index (κ2) is 8.17. The number of carbonyl (C=O) groups is 1. The maximum atomic E-state index is 13.7. The smallest absolute Gasteiger partial charge is 0.385 e. The maximum absolute atomic E-state index is 13.7. The Bertz CT molecular complexity index is 1160. The number of halogens is 3. The minimum atomic E-state index is -4.38. The molecule has 1 aliphatic heterocycles. The topological polar surface area (TPSA) is 58.4 Å².